The molecular formula is C23H20N4O2S. The number of anilines is 1. The van der Waals surface area contributed by atoms with Crippen molar-refractivity contribution in [1.29, 1.82) is 0 Å². The van der Waals surface area contributed by atoms with Gasteiger partial charge >= 0.3 is 0 Å². The van der Waals surface area contributed by atoms with Crippen molar-refractivity contribution in [2.75, 3.05) is 4.90 Å². The lowest BCUT2D eigenvalue weighted by molar-refractivity contribution is -0.122. The maximum absolute atomic E-state index is 13.2. The predicted molar refractivity (Wildman–Crippen MR) is 120 cm³/mol. The van der Waals surface area contributed by atoms with E-state index in [2.05, 4.69) is 14.9 Å². The van der Waals surface area contributed by atoms with Crippen LogP contribution in [-0.2, 0) is 9.59 Å². The largest absolute Gasteiger partial charge is 0.318 e. The van der Waals surface area contributed by atoms with Crippen molar-refractivity contribution < 1.29 is 9.59 Å². The van der Waals surface area contributed by atoms with Crippen LogP contribution >= 0.6 is 12.2 Å². The molecule has 0 aliphatic carbocycles. The summed E-state index contributed by atoms with van der Waals surface area (Å²) in [5.74, 6) is -0.939. The zero-order valence-corrected chi connectivity index (χ0v) is 17.7. The number of aromatic nitrogens is 2. The average Bonchev–Trinajstić information content (AvgIpc) is 2.99. The van der Waals surface area contributed by atoms with Gasteiger partial charge in [-0.15, -0.1) is 0 Å². The van der Waals surface area contributed by atoms with Gasteiger partial charge in [0.15, 0.2) is 5.11 Å². The Morgan fingerprint density at radius 1 is 1.00 bits per heavy atom. The van der Waals surface area contributed by atoms with Gasteiger partial charge in [0, 0.05) is 29.5 Å². The summed E-state index contributed by atoms with van der Waals surface area (Å²) in [5.41, 5.74) is 5.32. The number of aryl methyl sites for hydroxylation is 2. The summed E-state index contributed by atoms with van der Waals surface area (Å²) < 4.78 is 2.06. The van der Waals surface area contributed by atoms with Gasteiger partial charge in [-0.2, -0.15) is 0 Å². The summed E-state index contributed by atoms with van der Waals surface area (Å²) >= 11 is 5.27. The molecule has 150 valence electrons. The topological polar surface area (TPSA) is 67.2 Å². The van der Waals surface area contributed by atoms with Gasteiger partial charge in [0.1, 0.15) is 5.57 Å². The van der Waals surface area contributed by atoms with E-state index in [0.29, 0.717) is 5.69 Å². The summed E-state index contributed by atoms with van der Waals surface area (Å²) in [6.45, 7) is 5.87. The summed E-state index contributed by atoms with van der Waals surface area (Å²) in [5, 5.41) is 2.71. The Morgan fingerprint density at radius 2 is 1.73 bits per heavy atom. The van der Waals surface area contributed by atoms with Crippen molar-refractivity contribution in [1.82, 2.24) is 14.9 Å². The van der Waals surface area contributed by atoms with Crippen LogP contribution in [-0.4, -0.2) is 26.5 Å². The maximum Gasteiger partial charge on any atom is 0.270 e. The number of rotatable bonds is 3. The zero-order chi connectivity index (χ0) is 21.4. The average molecular weight is 417 g/mol. The fourth-order valence-corrected chi connectivity index (χ4v) is 3.92. The van der Waals surface area contributed by atoms with Gasteiger partial charge < -0.3 is 4.57 Å². The molecule has 3 aromatic rings. The van der Waals surface area contributed by atoms with Crippen molar-refractivity contribution in [2.24, 2.45) is 0 Å². The number of hydrogen-bond acceptors (Lipinski definition) is 4. The fraction of sp³-hybridized carbons (Fsp3) is 0.130. The van der Waals surface area contributed by atoms with Gasteiger partial charge in [0.25, 0.3) is 11.8 Å². The Bertz CT molecular complexity index is 1210. The molecule has 1 N–H and O–H groups in total. The molecule has 1 aliphatic heterocycles. The first-order valence-electron chi connectivity index (χ1n) is 9.44. The Balaban J connectivity index is 1.77. The molecule has 0 saturated carbocycles. The molecule has 0 bridgehead atoms. The number of amides is 2. The summed E-state index contributed by atoms with van der Waals surface area (Å²) in [7, 11) is 0. The molecule has 4 rings (SSSR count). The molecular weight excluding hydrogens is 396 g/mol. The highest BCUT2D eigenvalue weighted by atomic mass is 32.1. The minimum atomic E-state index is -0.498. The minimum absolute atomic E-state index is 0.0417. The van der Waals surface area contributed by atoms with Crippen LogP contribution in [0.4, 0.5) is 5.69 Å². The molecule has 1 saturated heterocycles. The molecule has 3 heterocycles. The second-order valence-corrected chi connectivity index (χ2v) is 7.55. The Labute approximate surface area is 179 Å². The number of nitrogens with zero attached hydrogens (tertiary/aromatic N) is 3. The van der Waals surface area contributed by atoms with E-state index >= 15 is 0 Å². The minimum Gasteiger partial charge on any atom is -0.318 e. The molecule has 1 aliphatic rings. The highest BCUT2D eigenvalue weighted by molar-refractivity contribution is 7.80. The van der Waals surface area contributed by atoms with Crippen LogP contribution in [0.15, 0.2) is 60.4 Å². The third-order valence-electron chi connectivity index (χ3n) is 5.05. The van der Waals surface area contributed by atoms with Crippen LogP contribution in [0.2, 0.25) is 0 Å². The number of pyridine rings is 1. The van der Waals surface area contributed by atoms with Gasteiger partial charge in [-0.1, -0.05) is 12.1 Å². The van der Waals surface area contributed by atoms with E-state index in [4.69, 9.17) is 12.2 Å². The van der Waals surface area contributed by atoms with Crippen molar-refractivity contribution in [3.8, 4) is 5.69 Å². The monoisotopic (exact) mass is 416 g/mol. The van der Waals surface area contributed by atoms with Crippen molar-refractivity contribution in [3.05, 3.63) is 82.9 Å². The number of benzene rings is 1. The second-order valence-electron chi connectivity index (χ2n) is 7.16. The second kappa shape index (κ2) is 7.68. The van der Waals surface area contributed by atoms with Gasteiger partial charge in [-0.05, 0) is 80.5 Å². The van der Waals surface area contributed by atoms with Crippen LogP contribution in [0.5, 0.6) is 0 Å². The van der Waals surface area contributed by atoms with E-state index in [1.54, 1.807) is 24.5 Å². The molecule has 6 nitrogen and oxygen atoms in total. The number of hydrogen-bond donors (Lipinski definition) is 1. The first-order valence-corrected chi connectivity index (χ1v) is 9.85. The lowest BCUT2D eigenvalue weighted by Crippen LogP contribution is -2.54. The molecule has 0 radical (unpaired) electrons. The number of nitrogens with one attached hydrogen (secondary N) is 1. The van der Waals surface area contributed by atoms with Crippen LogP contribution < -0.4 is 10.2 Å². The van der Waals surface area contributed by atoms with Gasteiger partial charge in [0.2, 0.25) is 0 Å². The number of carbonyl (C=O) groups excluding carboxylic acids is 2. The SMILES string of the molecule is Cc1cccc(N2C(=O)/C(=C/c3cc(C)n(-c4ccncc4)c3C)C(=O)NC2=S)c1. The Hall–Kier alpha value is -3.58. The summed E-state index contributed by atoms with van der Waals surface area (Å²) in [6, 6.07) is 13.2. The fourth-order valence-electron chi connectivity index (χ4n) is 3.64. The third kappa shape index (κ3) is 3.44. The van der Waals surface area contributed by atoms with E-state index in [-0.39, 0.29) is 10.7 Å². The smallest absolute Gasteiger partial charge is 0.270 e. The van der Waals surface area contributed by atoms with Crippen molar-refractivity contribution in [2.45, 2.75) is 20.8 Å². The number of thiocarbonyl (C=S) groups is 1. The van der Waals surface area contributed by atoms with E-state index in [1.807, 2.05) is 57.2 Å². The van der Waals surface area contributed by atoms with Gasteiger partial charge in [-0.25, -0.2) is 0 Å². The third-order valence-corrected chi connectivity index (χ3v) is 5.34. The maximum atomic E-state index is 13.2. The molecule has 1 aromatic carbocycles. The Kier molecular flexibility index (Phi) is 5.05. The van der Waals surface area contributed by atoms with Gasteiger partial charge in [-0.3, -0.25) is 24.8 Å². The standard InChI is InChI=1S/C23H20N4O2S/c1-14-5-4-6-19(11-14)27-22(29)20(21(28)25-23(27)30)13-17-12-15(2)26(16(17)3)18-7-9-24-10-8-18/h4-13H,1-3H3,(H,25,28,30)/b20-13+. The molecule has 30 heavy (non-hydrogen) atoms. The highest BCUT2D eigenvalue weighted by Gasteiger charge is 2.34. The first kappa shape index (κ1) is 19.7. The van der Waals surface area contributed by atoms with Crippen LogP contribution in [0, 0.1) is 20.8 Å². The molecule has 2 aromatic heterocycles. The van der Waals surface area contributed by atoms with Gasteiger partial charge in [0.05, 0.1) is 5.69 Å². The van der Waals surface area contributed by atoms with E-state index in [9.17, 15) is 9.59 Å². The lowest BCUT2D eigenvalue weighted by Gasteiger charge is -2.29. The van der Waals surface area contributed by atoms with E-state index < -0.39 is 11.8 Å². The molecule has 0 spiro atoms. The quantitative estimate of drug-likeness (QED) is 0.402. The summed E-state index contributed by atoms with van der Waals surface area (Å²) in [6.07, 6.45) is 5.08. The Morgan fingerprint density at radius 3 is 2.43 bits per heavy atom. The number of carbonyl (C=O) groups is 2. The predicted octanol–water partition coefficient (Wildman–Crippen LogP) is 3.63. The van der Waals surface area contributed by atoms with Crippen LogP contribution in [0.25, 0.3) is 11.8 Å². The van der Waals surface area contributed by atoms with Crippen LogP contribution in [0.1, 0.15) is 22.5 Å². The summed E-state index contributed by atoms with van der Waals surface area (Å²) in [4.78, 5) is 31.3. The van der Waals surface area contributed by atoms with E-state index in [1.165, 1.54) is 4.90 Å². The lowest BCUT2D eigenvalue weighted by atomic mass is 10.1. The molecule has 1 fully saturated rings. The molecule has 2 amide bonds. The molecule has 7 heteroatoms. The van der Waals surface area contributed by atoms with Crippen molar-refractivity contribution >= 4 is 40.9 Å². The van der Waals surface area contributed by atoms with Crippen molar-refractivity contribution in [3.63, 3.8) is 0 Å². The molecule has 0 atom stereocenters. The van der Waals surface area contributed by atoms with Crippen LogP contribution in [0.3, 0.4) is 0 Å². The molecule has 0 unspecified atom stereocenters. The zero-order valence-electron chi connectivity index (χ0n) is 16.8. The highest BCUT2D eigenvalue weighted by Crippen LogP contribution is 2.26. The van der Waals surface area contributed by atoms with E-state index in [0.717, 1.165) is 28.2 Å². The first-order chi connectivity index (χ1) is 14.4. The normalized spacial score (nSPS) is 15.6.